The summed E-state index contributed by atoms with van der Waals surface area (Å²) in [7, 11) is 0. The fourth-order valence-electron chi connectivity index (χ4n) is 3.39. The molecule has 1 saturated heterocycles. The molecule has 0 atom stereocenters. The number of anilines is 1. The number of hydrogen-bond acceptors (Lipinski definition) is 6. The molecule has 2 aromatic heterocycles. The van der Waals surface area contributed by atoms with Gasteiger partial charge in [0.15, 0.2) is 0 Å². The molecular weight excluding hydrogens is 384 g/mol. The lowest BCUT2D eigenvalue weighted by Crippen LogP contribution is -2.52. The lowest BCUT2D eigenvalue weighted by atomic mass is 10.2. The number of aryl methyl sites for hydroxylation is 1. The van der Waals surface area contributed by atoms with Gasteiger partial charge in [0.2, 0.25) is 0 Å². The average Bonchev–Trinajstić information content (AvgIpc) is 3.14. The van der Waals surface area contributed by atoms with Gasteiger partial charge in [-0.1, -0.05) is 26.0 Å². The van der Waals surface area contributed by atoms with Crippen LogP contribution in [-0.2, 0) is 6.54 Å². The van der Waals surface area contributed by atoms with Crippen LogP contribution in [0.2, 0.25) is 0 Å². The number of urea groups is 1. The average molecular weight is 411 g/mol. The first kappa shape index (κ1) is 19.6. The number of piperazine rings is 1. The number of nitrogens with zero attached hydrogens (tertiary/aromatic N) is 5. The summed E-state index contributed by atoms with van der Waals surface area (Å²) >= 11 is 1.62. The van der Waals surface area contributed by atoms with Crippen LogP contribution in [-0.4, -0.2) is 52.1 Å². The van der Waals surface area contributed by atoms with Gasteiger partial charge in [0.05, 0.1) is 16.8 Å². The van der Waals surface area contributed by atoms with E-state index >= 15 is 0 Å². The van der Waals surface area contributed by atoms with Crippen LogP contribution in [0.3, 0.4) is 0 Å². The molecule has 0 spiro atoms. The van der Waals surface area contributed by atoms with Crippen molar-refractivity contribution in [3.63, 3.8) is 0 Å². The van der Waals surface area contributed by atoms with Crippen LogP contribution < -0.4 is 10.2 Å². The summed E-state index contributed by atoms with van der Waals surface area (Å²) in [5.41, 5.74) is 1.96. The lowest BCUT2D eigenvalue weighted by molar-refractivity contribution is 0.194. The second-order valence-corrected chi connectivity index (χ2v) is 8.70. The van der Waals surface area contributed by atoms with Gasteiger partial charge in [0.1, 0.15) is 16.6 Å². The molecule has 0 aliphatic carbocycles. The third kappa shape index (κ3) is 4.48. The molecule has 4 rings (SSSR count). The van der Waals surface area contributed by atoms with E-state index in [1.165, 1.54) is 0 Å². The number of aromatic nitrogens is 3. The van der Waals surface area contributed by atoms with Crippen molar-refractivity contribution in [1.29, 1.82) is 0 Å². The number of rotatable bonds is 4. The van der Waals surface area contributed by atoms with Crippen LogP contribution in [0, 0.1) is 6.92 Å². The summed E-state index contributed by atoms with van der Waals surface area (Å²) in [5.74, 6) is 2.12. The molecule has 1 aliphatic heterocycles. The van der Waals surface area contributed by atoms with Crippen molar-refractivity contribution in [2.24, 2.45) is 0 Å². The molecule has 0 saturated carbocycles. The Labute approximate surface area is 174 Å². The number of hydrogen-bond donors (Lipinski definition) is 1. The van der Waals surface area contributed by atoms with E-state index < -0.39 is 0 Å². The molecule has 29 heavy (non-hydrogen) atoms. The van der Waals surface area contributed by atoms with Crippen molar-refractivity contribution in [3.8, 4) is 0 Å². The normalized spacial score (nSPS) is 14.6. The SMILES string of the molecule is Cc1cc(N2CCN(C(=O)NCc3nc4ccccc4s3)CC2)nc(C(C)C)n1. The van der Waals surface area contributed by atoms with Crippen molar-refractivity contribution in [1.82, 2.24) is 25.2 Å². The minimum absolute atomic E-state index is 0.0364. The van der Waals surface area contributed by atoms with Crippen molar-refractivity contribution in [2.45, 2.75) is 33.2 Å². The van der Waals surface area contributed by atoms with Crippen LogP contribution in [0.5, 0.6) is 0 Å². The zero-order chi connectivity index (χ0) is 20.4. The zero-order valence-corrected chi connectivity index (χ0v) is 17.9. The van der Waals surface area contributed by atoms with Gasteiger partial charge < -0.3 is 15.1 Å². The summed E-state index contributed by atoms with van der Waals surface area (Å²) in [6.45, 7) is 9.55. The first-order chi connectivity index (χ1) is 14.0. The molecule has 0 bridgehead atoms. The third-order valence-corrected chi connectivity index (χ3v) is 6.03. The maximum Gasteiger partial charge on any atom is 0.317 e. The van der Waals surface area contributed by atoms with Crippen LogP contribution in [0.15, 0.2) is 30.3 Å². The summed E-state index contributed by atoms with van der Waals surface area (Å²) < 4.78 is 1.14. The van der Waals surface area contributed by atoms with Crippen LogP contribution in [0.1, 0.15) is 36.3 Å². The maximum absolute atomic E-state index is 12.6. The number of para-hydroxylation sites is 1. The van der Waals surface area contributed by atoms with E-state index in [2.05, 4.69) is 40.1 Å². The molecule has 0 unspecified atom stereocenters. The molecule has 8 heteroatoms. The Morgan fingerprint density at radius 2 is 1.90 bits per heavy atom. The van der Waals surface area contributed by atoms with E-state index in [-0.39, 0.29) is 6.03 Å². The highest BCUT2D eigenvalue weighted by molar-refractivity contribution is 7.18. The number of nitrogens with one attached hydrogen (secondary N) is 1. The molecule has 1 aromatic carbocycles. The third-order valence-electron chi connectivity index (χ3n) is 4.99. The Kier molecular flexibility index (Phi) is 5.62. The molecule has 1 fully saturated rings. The second kappa shape index (κ2) is 8.32. The molecule has 7 nitrogen and oxygen atoms in total. The van der Waals surface area contributed by atoms with Gasteiger partial charge in [-0.05, 0) is 19.1 Å². The van der Waals surface area contributed by atoms with E-state index in [1.807, 2.05) is 36.1 Å². The Balaban J connectivity index is 1.32. The number of benzene rings is 1. The Bertz CT molecular complexity index is 976. The van der Waals surface area contributed by atoms with Crippen molar-refractivity contribution >= 4 is 33.4 Å². The molecule has 3 aromatic rings. The number of fused-ring (bicyclic) bond motifs is 1. The highest BCUT2D eigenvalue weighted by Crippen LogP contribution is 2.22. The van der Waals surface area contributed by atoms with Gasteiger partial charge in [0.25, 0.3) is 0 Å². The Morgan fingerprint density at radius 3 is 2.62 bits per heavy atom. The van der Waals surface area contributed by atoms with E-state index in [1.54, 1.807) is 11.3 Å². The van der Waals surface area contributed by atoms with Crippen LogP contribution in [0.4, 0.5) is 10.6 Å². The Morgan fingerprint density at radius 1 is 1.14 bits per heavy atom. The van der Waals surface area contributed by atoms with Gasteiger partial charge in [-0.15, -0.1) is 11.3 Å². The van der Waals surface area contributed by atoms with Crippen LogP contribution in [0.25, 0.3) is 10.2 Å². The van der Waals surface area contributed by atoms with E-state index in [9.17, 15) is 4.79 Å². The predicted molar refractivity (Wildman–Crippen MR) is 116 cm³/mol. The fraction of sp³-hybridized carbons (Fsp3) is 0.429. The van der Waals surface area contributed by atoms with E-state index in [0.717, 1.165) is 45.6 Å². The highest BCUT2D eigenvalue weighted by Gasteiger charge is 2.23. The van der Waals surface area contributed by atoms with Gasteiger partial charge in [-0.3, -0.25) is 0 Å². The Hall–Kier alpha value is -2.74. The van der Waals surface area contributed by atoms with Crippen molar-refractivity contribution in [3.05, 3.63) is 46.9 Å². The second-order valence-electron chi connectivity index (χ2n) is 7.59. The smallest absolute Gasteiger partial charge is 0.317 e. The van der Waals surface area contributed by atoms with Gasteiger partial charge in [0, 0.05) is 43.9 Å². The molecule has 1 N–H and O–H groups in total. The molecule has 152 valence electrons. The largest absolute Gasteiger partial charge is 0.353 e. The number of amides is 2. The quantitative estimate of drug-likeness (QED) is 0.712. The van der Waals surface area contributed by atoms with Crippen LogP contribution >= 0.6 is 11.3 Å². The zero-order valence-electron chi connectivity index (χ0n) is 17.1. The summed E-state index contributed by atoms with van der Waals surface area (Å²) in [5, 5.41) is 3.93. The van der Waals surface area contributed by atoms with Crippen molar-refractivity contribution in [2.75, 3.05) is 31.1 Å². The van der Waals surface area contributed by atoms with E-state index in [0.29, 0.717) is 25.6 Å². The lowest BCUT2D eigenvalue weighted by Gasteiger charge is -2.35. The summed E-state index contributed by atoms with van der Waals surface area (Å²) in [6.07, 6.45) is 0. The molecule has 0 radical (unpaired) electrons. The molecule has 1 aliphatic rings. The summed E-state index contributed by atoms with van der Waals surface area (Å²) in [4.78, 5) is 30.5. The standard InChI is InChI=1S/C21H26N6OS/c1-14(2)20-23-15(3)12-18(25-20)26-8-10-27(11-9-26)21(28)22-13-19-24-16-6-4-5-7-17(16)29-19/h4-7,12,14H,8-11,13H2,1-3H3,(H,22,28). The predicted octanol–water partition coefficient (Wildman–Crippen LogP) is 3.55. The maximum atomic E-state index is 12.6. The molecular formula is C21H26N6OS. The van der Waals surface area contributed by atoms with Crippen molar-refractivity contribution < 1.29 is 4.79 Å². The first-order valence-corrected chi connectivity index (χ1v) is 10.8. The monoisotopic (exact) mass is 410 g/mol. The number of carbonyl (C=O) groups is 1. The van der Waals surface area contributed by atoms with Gasteiger partial charge in [-0.25, -0.2) is 19.7 Å². The van der Waals surface area contributed by atoms with Gasteiger partial charge >= 0.3 is 6.03 Å². The first-order valence-electron chi connectivity index (χ1n) is 9.97. The topological polar surface area (TPSA) is 74.2 Å². The molecule has 3 heterocycles. The summed E-state index contributed by atoms with van der Waals surface area (Å²) in [6, 6.07) is 10.0. The number of thiazole rings is 1. The van der Waals surface area contributed by atoms with Gasteiger partial charge in [-0.2, -0.15) is 0 Å². The fourth-order valence-corrected chi connectivity index (χ4v) is 4.30. The van der Waals surface area contributed by atoms with E-state index in [4.69, 9.17) is 4.98 Å². The molecule has 2 amide bonds. The number of carbonyl (C=O) groups excluding carboxylic acids is 1. The highest BCUT2D eigenvalue weighted by atomic mass is 32.1. The minimum atomic E-state index is -0.0364. The minimum Gasteiger partial charge on any atom is -0.353 e.